The van der Waals surface area contributed by atoms with Crippen LogP contribution in [0.25, 0.3) is 0 Å². The van der Waals surface area contributed by atoms with Crippen molar-refractivity contribution in [1.82, 2.24) is 24.9 Å². The van der Waals surface area contributed by atoms with Crippen LogP contribution < -0.4 is 0 Å². The SMILES string of the molecule is CCc1noc(CCC(=O)N2CCC[C@H](c3ccc(C(=O)N4CCCC4)cn3)C2)n1. The third-order valence-corrected chi connectivity index (χ3v) is 6.00. The number of likely N-dealkylation sites (tertiary alicyclic amines) is 2. The number of pyridine rings is 1. The minimum absolute atomic E-state index is 0.0688. The van der Waals surface area contributed by atoms with Crippen LogP contribution in [0.1, 0.15) is 72.7 Å². The van der Waals surface area contributed by atoms with Crippen molar-refractivity contribution in [3.05, 3.63) is 41.3 Å². The molecule has 2 amide bonds. The Kier molecular flexibility index (Phi) is 6.40. The maximum atomic E-state index is 12.7. The molecular weight excluding hydrogens is 382 g/mol. The molecule has 2 aliphatic heterocycles. The van der Waals surface area contributed by atoms with Crippen molar-refractivity contribution < 1.29 is 14.1 Å². The lowest BCUT2D eigenvalue weighted by Gasteiger charge is -2.32. The number of nitrogens with zero attached hydrogens (tertiary/aromatic N) is 5. The Morgan fingerprint density at radius 1 is 1.13 bits per heavy atom. The van der Waals surface area contributed by atoms with E-state index in [2.05, 4.69) is 15.1 Å². The zero-order valence-electron chi connectivity index (χ0n) is 17.5. The summed E-state index contributed by atoms with van der Waals surface area (Å²) in [6.07, 6.45) is 7.36. The zero-order valence-corrected chi connectivity index (χ0v) is 17.5. The van der Waals surface area contributed by atoms with E-state index >= 15 is 0 Å². The third kappa shape index (κ3) is 4.68. The predicted molar refractivity (Wildman–Crippen MR) is 110 cm³/mol. The van der Waals surface area contributed by atoms with Gasteiger partial charge in [-0.15, -0.1) is 0 Å². The van der Waals surface area contributed by atoms with Gasteiger partial charge < -0.3 is 14.3 Å². The number of aryl methyl sites for hydroxylation is 2. The molecule has 4 heterocycles. The first-order chi connectivity index (χ1) is 14.6. The van der Waals surface area contributed by atoms with Gasteiger partial charge in [0.15, 0.2) is 5.82 Å². The van der Waals surface area contributed by atoms with Crippen LogP contribution in [-0.4, -0.2) is 62.9 Å². The summed E-state index contributed by atoms with van der Waals surface area (Å²) in [5.41, 5.74) is 1.60. The highest BCUT2D eigenvalue weighted by Crippen LogP contribution is 2.26. The molecular formula is C22H29N5O3. The van der Waals surface area contributed by atoms with Crippen LogP contribution in [0.2, 0.25) is 0 Å². The van der Waals surface area contributed by atoms with Gasteiger partial charge in [-0.2, -0.15) is 4.98 Å². The summed E-state index contributed by atoms with van der Waals surface area (Å²) in [5, 5.41) is 3.88. The minimum atomic E-state index is 0.0688. The number of hydrogen-bond acceptors (Lipinski definition) is 6. The summed E-state index contributed by atoms with van der Waals surface area (Å²) in [6.45, 7) is 5.07. The van der Waals surface area contributed by atoms with Crippen LogP contribution in [0, 0.1) is 0 Å². The van der Waals surface area contributed by atoms with Crippen LogP contribution in [0.3, 0.4) is 0 Å². The number of aromatic nitrogens is 3. The highest BCUT2D eigenvalue weighted by Gasteiger charge is 2.26. The van der Waals surface area contributed by atoms with E-state index in [1.807, 2.05) is 28.9 Å². The second-order valence-corrected chi connectivity index (χ2v) is 8.11. The van der Waals surface area contributed by atoms with Gasteiger partial charge in [0.2, 0.25) is 11.8 Å². The Morgan fingerprint density at radius 2 is 1.93 bits per heavy atom. The van der Waals surface area contributed by atoms with Gasteiger partial charge in [0.05, 0.1) is 5.56 Å². The van der Waals surface area contributed by atoms with E-state index in [4.69, 9.17) is 4.52 Å². The smallest absolute Gasteiger partial charge is 0.255 e. The largest absolute Gasteiger partial charge is 0.342 e. The summed E-state index contributed by atoms with van der Waals surface area (Å²) >= 11 is 0. The van der Waals surface area contributed by atoms with Gasteiger partial charge in [-0.05, 0) is 37.8 Å². The molecule has 0 bridgehead atoms. The highest BCUT2D eigenvalue weighted by atomic mass is 16.5. The van der Waals surface area contributed by atoms with Crippen LogP contribution in [0.15, 0.2) is 22.9 Å². The average Bonchev–Trinajstić information content (AvgIpc) is 3.49. The summed E-state index contributed by atoms with van der Waals surface area (Å²) < 4.78 is 5.18. The Labute approximate surface area is 176 Å². The molecule has 0 radical (unpaired) electrons. The second kappa shape index (κ2) is 9.36. The summed E-state index contributed by atoms with van der Waals surface area (Å²) in [4.78, 5) is 37.8. The van der Waals surface area contributed by atoms with E-state index in [1.165, 1.54) is 0 Å². The Morgan fingerprint density at radius 3 is 2.63 bits per heavy atom. The van der Waals surface area contributed by atoms with Crippen molar-refractivity contribution in [3.63, 3.8) is 0 Å². The molecule has 4 rings (SSSR count). The van der Waals surface area contributed by atoms with Crippen molar-refractivity contribution in [1.29, 1.82) is 0 Å². The third-order valence-electron chi connectivity index (χ3n) is 6.00. The van der Waals surface area contributed by atoms with Crippen molar-refractivity contribution >= 4 is 11.8 Å². The first kappa shape index (κ1) is 20.5. The van der Waals surface area contributed by atoms with E-state index < -0.39 is 0 Å². The zero-order chi connectivity index (χ0) is 20.9. The molecule has 160 valence electrons. The van der Waals surface area contributed by atoms with Gasteiger partial charge in [-0.3, -0.25) is 14.6 Å². The molecule has 2 aromatic rings. The minimum Gasteiger partial charge on any atom is -0.342 e. The van der Waals surface area contributed by atoms with Gasteiger partial charge in [0.1, 0.15) is 0 Å². The van der Waals surface area contributed by atoms with Gasteiger partial charge in [0, 0.05) is 63.3 Å². The summed E-state index contributed by atoms with van der Waals surface area (Å²) in [6, 6.07) is 3.83. The van der Waals surface area contributed by atoms with E-state index in [0.29, 0.717) is 36.7 Å². The molecule has 0 saturated carbocycles. The fourth-order valence-corrected chi connectivity index (χ4v) is 4.23. The standard InChI is InChI=1S/C22H29N5O3/c1-2-19-24-20(30-25-19)9-10-21(28)27-13-5-6-17(15-27)18-8-7-16(14-23-18)22(29)26-11-3-4-12-26/h7-8,14,17H,2-6,9-13,15H2,1H3/t17-/m0/s1. The quantitative estimate of drug-likeness (QED) is 0.725. The van der Waals surface area contributed by atoms with Crippen molar-refractivity contribution in [2.24, 2.45) is 0 Å². The maximum Gasteiger partial charge on any atom is 0.255 e. The number of piperidine rings is 1. The number of hydrogen-bond donors (Lipinski definition) is 0. The van der Waals surface area contributed by atoms with Gasteiger partial charge in [-0.1, -0.05) is 12.1 Å². The van der Waals surface area contributed by atoms with E-state index in [-0.39, 0.29) is 17.7 Å². The van der Waals surface area contributed by atoms with Gasteiger partial charge in [0.25, 0.3) is 5.91 Å². The Bertz CT molecular complexity index is 873. The number of carbonyl (C=O) groups excluding carboxylic acids is 2. The lowest BCUT2D eigenvalue weighted by molar-refractivity contribution is -0.132. The Balaban J connectivity index is 1.32. The van der Waals surface area contributed by atoms with E-state index in [9.17, 15) is 9.59 Å². The van der Waals surface area contributed by atoms with Crippen LogP contribution in [0.5, 0.6) is 0 Å². The normalized spacial score (nSPS) is 19.3. The molecule has 0 unspecified atom stereocenters. The van der Waals surface area contributed by atoms with Crippen molar-refractivity contribution in [3.8, 4) is 0 Å². The lowest BCUT2D eigenvalue weighted by Crippen LogP contribution is -2.39. The molecule has 2 aliphatic rings. The molecule has 2 aromatic heterocycles. The maximum absolute atomic E-state index is 12.7. The molecule has 0 N–H and O–H groups in total. The fourth-order valence-electron chi connectivity index (χ4n) is 4.23. The molecule has 8 heteroatoms. The van der Waals surface area contributed by atoms with Gasteiger partial charge in [-0.25, -0.2) is 0 Å². The molecule has 2 saturated heterocycles. The van der Waals surface area contributed by atoms with E-state index in [0.717, 1.165) is 57.4 Å². The predicted octanol–water partition coefficient (Wildman–Crippen LogP) is 2.60. The second-order valence-electron chi connectivity index (χ2n) is 8.11. The Hall–Kier alpha value is -2.77. The lowest BCUT2D eigenvalue weighted by atomic mass is 9.93. The monoisotopic (exact) mass is 411 g/mol. The number of amides is 2. The molecule has 0 aliphatic carbocycles. The molecule has 0 spiro atoms. The van der Waals surface area contributed by atoms with E-state index in [1.54, 1.807) is 6.20 Å². The van der Waals surface area contributed by atoms with Crippen LogP contribution in [-0.2, 0) is 17.6 Å². The molecule has 30 heavy (non-hydrogen) atoms. The first-order valence-corrected chi connectivity index (χ1v) is 11.0. The van der Waals surface area contributed by atoms with Gasteiger partial charge >= 0.3 is 0 Å². The fraction of sp³-hybridized carbons (Fsp3) is 0.591. The molecule has 2 fully saturated rings. The van der Waals surface area contributed by atoms with Crippen LogP contribution >= 0.6 is 0 Å². The first-order valence-electron chi connectivity index (χ1n) is 11.0. The van der Waals surface area contributed by atoms with Crippen molar-refractivity contribution in [2.75, 3.05) is 26.2 Å². The van der Waals surface area contributed by atoms with Crippen molar-refractivity contribution in [2.45, 2.75) is 57.8 Å². The average molecular weight is 412 g/mol. The van der Waals surface area contributed by atoms with Crippen LogP contribution in [0.4, 0.5) is 0 Å². The molecule has 1 atom stereocenters. The highest BCUT2D eigenvalue weighted by molar-refractivity contribution is 5.94. The summed E-state index contributed by atoms with van der Waals surface area (Å²) in [7, 11) is 0. The number of rotatable bonds is 6. The number of carbonyl (C=O) groups is 2. The topological polar surface area (TPSA) is 92.4 Å². The molecule has 8 nitrogen and oxygen atoms in total. The molecule has 0 aromatic carbocycles. The summed E-state index contributed by atoms with van der Waals surface area (Å²) in [5.74, 6) is 1.58.